The average Bonchev–Trinajstić information content (AvgIpc) is 3.60. The number of aryl methyl sites for hydroxylation is 1. The van der Waals surface area contributed by atoms with Gasteiger partial charge in [0.05, 0.1) is 23.8 Å². The summed E-state index contributed by atoms with van der Waals surface area (Å²) in [6, 6.07) is 10.7. The van der Waals surface area contributed by atoms with E-state index in [-0.39, 0.29) is 0 Å². The molecule has 0 radical (unpaired) electrons. The maximum atomic E-state index is 5.52. The van der Waals surface area contributed by atoms with Gasteiger partial charge >= 0.3 is 0 Å². The van der Waals surface area contributed by atoms with E-state index in [4.69, 9.17) is 9.40 Å². The first-order valence-electron chi connectivity index (χ1n) is 15.7. The Kier molecular flexibility index (Phi) is 15.9. The van der Waals surface area contributed by atoms with E-state index in [1.54, 1.807) is 6.26 Å². The SMILES string of the molecule is CC.CC(C)CCN(C)Cc1ccc2nc(NCc3ccco3)n(CCCN3CCCCC3)c2c1.CCCC. The van der Waals surface area contributed by atoms with E-state index in [2.05, 4.69) is 72.6 Å². The Bertz CT molecular complexity index is 1000. The molecule has 6 nitrogen and oxygen atoms in total. The van der Waals surface area contributed by atoms with Gasteiger partial charge in [0.25, 0.3) is 0 Å². The molecule has 0 aliphatic carbocycles. The Hall–Kier alpha value is -2.31. The number of fused-ring (bicyclic) bond motifs is 1. The van der Waals surface area contributed by atoms with Crippen LogP contribution in [-0.4, -0.2) is 52.6 Å². The maximum absolute atomic E-state index is 5.52. The van der Waals surface area contributed by atoms with Crippen molar-refractivity contribution in [1.29, 1.82) is 0 Å². The molecule has 0 spiro atoms. The van der Waals surface area contributed by atoms with Crippen LogP contribution in [0.25, 0.3) is 11.0 Å². The normalized spacial score (nSPS) is 13.8. The molecule has 3 heterocycles. The molecule has 0 bridgehead atoms. The Morgan fingerprint density at radius 2 is 1.77 bits per heavy atom. The highest BCUT2D eigenvalue weighted by atomic mass is 16.3. The van der Waals surface area contributed by atoms with Crippen molar-refractivity contribution in [3.8, 4) is 0 Å². The van der Waals surface area contributed by atoms with E-state index >= 15 is 0 Å². The van der Waals surface area contributed by atoms with Crippen LogP contribution in [0.5, 0.6) is 0 Å². The molecule has 3 aromatic rings. The largest absolute Gasteiger partial charge is 0.467 e. The molecule has 1 aliphatic rings. The highest BCUT2D eigenvalue weighted by molar-refractivity contribution is 5.79. The monoisotopic (exact) mass is 539 g/mol. The molecule has 1 fully saturated rings. The van der Waals surface area contributed by atoms with E-state index in [0.29, 0.717) is 6.54 Å². The molecule has 0 saturated carbocycles. The van der Waals surface area contributed by atoms with E-state index in [1.165, 1.54) is 62.7 Å². The molecular formula is C33H57N5O. The number of rotatable bonds is 13. The van der Waals surface area contributed by atoms with E-state index in [0.717, 1.165) is 55.7 Å². The molecule has 2 aromatic heterocycles. The fraction of sp³-hybridized carbons (Fsp3) is 0.667. The van der Waals surface area contributed by atoms with E-state index < -0.39 is 0 Å². The fourth-order valence-corrected chi connectivity index (χ4v) is 4.71. The predicted molar refractivity (Wildman–Crippen MR) is 168 cm³/mol. The third kappa shape index (κ3) is 11.8. The second kappa shape index (κ2) is 18.9. The first-order valence-corrected chi connectivity index (χ1v) is 15.7. The third-order valence-electron chi connectivity index (χ3n) is 7.16. The number of likely N-dealkylation sites (tertiary alicyclic amines) is 1. The van der Waals surface area contributed by atoms with Crippen LogP contribution in [0, 0.1) is 5.92 Å². The number of anilines is 1. The summed E-state index contributed by atoms with van der Waals surface area (Å²) in [4.78, 5) is 9.98. The molecule has 0 amide bonds. The van der Waals surface area contributed by atoms with Crippen molar-refractivity contribution in [1.82, 2.24) is 19.4 Å². The minimum atomic E-state index is 0.646. The molecule has 39 heavy (non-hydrogen) atoms. The summed E-state index contributed by atoms with van der Waals surface area (Å²) in [5, 5.41) is 3.52. The zero-order valence-corrected chi connectivity index (χ0v) is 26.1. The van der Waals surface area contributed by atoms with Crippen LogP contribution in [-0.2, 0) is 19.6 Å². The summed E-state index contributed by atoms with van der Waals surface area (Å²) in [5.74, 6) is 2.60. The van der Waals surface area contributed by atoms with Crippen LogP contribution >= 0.6 is 0 Å². The lowest BCUT2D eigenvalue weighted by Gasteiger charge is -2.26. The highest BCUT2D eigenvalue weighted by Gasteiger charge is 2.14. The second-order valence-electron chi connectivity index (χ2n) is 11.0. The number of unbranched alkanes of at least 4 members (excludes halogenated alkanes) is 1. The van der Waals surface area contributed by atoms with Crippen molar-refractivity contribution in [3.05, 3.63) is 47.9 Å². The smallest absolute Gasteiger partial charge is 0.204 e. The van der Waals surface area contributed by atoms with Gasteiger partial charge in [-0.1, -0.05) is 66.9 Å². The lowest BCUT2D eigenvalue weighted by atomic mass is 10.1. The Balaban J connectivity index is 0.000000815. The van der Waals surface area contributed by atoms with Gasteiger partial charge in [-0.05, 0) is 94.7 Å². The number of furan rings is 1. The quantitative estimate of drug-likeness (QED) is 0.236. The molecule has 4 rings (SSSR count). The average molecular weight is 540 g/mol. The number of imidazole rings is 1. The number of benzene rings is 1. The predicted octanol–water partition coefficient (Wildman–Crippen LogP) is 8.43. The van der Waals surface area contributed by atoms with Gasteiger partial charge in [-0.2, -0.15) is 0 Å². The fourth-order valence-electron chi connectivity index (χ4n) is 4.71. The molecule has 1 saturated heterocycles. The van der Waals surface area contributed by atoms with Crippen molar-refractivity contribution >= 4 is 17.0 Å². The van der Waals surface area contributed by atoms with Gasteiger partial charge in [-0.25, -0.2) is 4.98 Å². The lowest BCUT2D eigenvalue weighted by molar-refractivity contribution is 0.223. The van der Waals surface area contributed by atoms with Crippen LogP contribution in [0.4, 0.5) is 5.95 Å². The van der Waals surface area contributed by atoms with Crippen LogP contribution in [0.1, 0.15) is 97.8 Å². The molecule has 220 valence electrons. The zero-order chi connectivity index (χ0) is 28.5. The summed E-state index contributed by atoms with van der Waals surface area (Å²) in [6.45, 7) is 20.3. The van der Waals surface area contributed by atoms with Gasteiger partial charge in [0.1, 0.15) is 5.76 Å². The summed E-state index contributed by atoms with van der Waals surface area (Å²) in [7, 11) is 2.22. The maximum Gasteiger partial charge on any atom is 0.204 e. The van der Waals surface area contributed by atoms with Gasteiger partial charge in [0.2, 0.25) is 5.95 Å². The minimum Gasteiger partial charge on any atom is -0.467 e. The van der Waals surface area contributed by atoms with Gasteiger partial charge < -0.3 is 24.1 Å². The molecule has 0 unspecified atom stereocenters. The second-order valence-corrected chi connectivity index (χ2v) is 11.0. The third-order valence-corrected chi connectivity index (χ3v) is 7.16. The topological polar surface area (TPSA) is 49.5 Å². The van der Waals surface area contributed by atoms with Gasteiger partial charge in [-0.15, -0.1) is 0 Å². The Labute approximate surface area is 239 Å². The van der Waals surface area contributed by atoms with Crippen LogP contribution in [0.15, 0.2) is 41.0 Å². The van der Waals surface area contributed by atoms with Crippen molar-refractivity contribution in [3.63, 3.8) is 0 Å². The van der Waals surface area contributed by atoms with E-state index in [9.17, 15) is 0 Å². The van der Waals surface area contributed by atoms with Crippen molar-refractivity contribution in [2.45, 2.75) is 106 Å². The number of nitrogens with zero attached hydrogens (tertiary/aromatic N) is 4. The first kappa shape index (κ1) is 32.9. The summed E-state index contributed by atoms with van der Waals surface area (Å²) >= 11 is 0. The molecule has 6 heteroatoms. The van der Waals surface area contributed by atoms with Crippen molar-refractivity contribution in [2.24, 2.45) is 5.92 Å². The molecule has 0 atom stereocenters. The molecular weight excluding hydrogens is 482 g/mol. The summed E-state index contributed by atoms with van der Waals surface area (Å²) in [6.07, 6.45) is 10.8. The number of hydrogen-bond acceptors (Lipinski definition) is 5. The van der Waals surface area contributed by atoms with Crippen LogP contribution in [0.2, 0.25) is 0 Å². The number of piperidine rings is 1. The lowest BCUT2D eigenvalue weighted by Crippen LogP contribution is -2.31. The number of hydrogen-bond donors (Lipinski definition) is 1. The van der Waals surface area contributed by atoms with Gasteiger partial charge in [0.15, 0.2) is 0 Å². The van der Waals surface area contributed by atoms with Gasteiger partial charge in [-0.3, -0.25) is 0 Å². The van der Waals surface area contributed by atoms with Crippen LogP contribution < -0.4 is 5.32 Å². The Morgan fingerprint density at radius 3 is 2.41 bits per heavy atom. The molecule has 1 N–H and O–H groups in total. The van der Waals surface area contributed by atoms with Crippen LogP contribution in [0.3, 0.4) is 0 Å². The highest BCUT2D eigenvalue weighted by Crippen LogP contribution is 2.23. The summed E-state index contributed by atoms with van der Waals surface area (Å²) in [5.41, 5.74) is 3.64. The molecule has 1 aromatic carbocycles. The minimum absolute atomic E-state index is 0.646. The summed E-state index contributed by atoms with van der Waals surface area (Å²) < 4.78 is 7.90. The standard InChI is InChI=1S/C27H41N5O.C4H10.C2H6/c1-22(2)12-17-30(3)21-23-10-11-25-26(19-23)32(16-8-15-31-13-5-4-6-14-31)27(29-25)28-20-24-9-7-18-33-24;1-3-4-2;1-2/h7,9-11,18-19,22H,4-6,8,12-17,20-21H2,1-3H3,(H,28,29);3-4H2,1-2H3;1-2H3. The first-order chi connectivity index (χ1) is 19.0. The zero-order valence-electron chi connectivity index (χ0n) is 26.1. The Morgan fingerprint density at radius 1 is 1.03 bits per heavy atom. The van der Waals surface area contributed by atoms with Crippen molar-refractivity contribution < 1.29 is 4.42 Å². The van der Waals surface area contributed by atoms with E-state index in [1.807, 2.05) is 26.0 Å². The number of nitrogens with one attached hydrogen (secondary N) is 1. The number of aromatic nitrogens is 2. The van der Waals surface area contributed by atoms with Gasteiger partial charge in [0, 0.05) is 13.1 Å². The molecule has 1 aliphatic heterocycles. The van der Waals surface area contributed by atoms with Crippen molar-refractivity contribution in [2.75, 3.05) is 38.5 Å².